The van der Waals surface area contributed by atoms with E-state index in [4.69, 9.17) is 9.47 Å². The number of carbonyl (C=O) groups is 1. The van der Waals surface area contributed by atoms with Crippen LogP contribution in [0.2, 0.25) is 0 Å². The fourth-order valence-electron chi connectivity index (χ4n) is 1.78. The molecule has 0 aliphatic carbocycles. The molecule has 96 valence electrons. The number of ether oxygens (including phenoxy) is 2. The number of aromatic amines is 1. The first-order valence-electron chi connectivity index (χ1n) is 5.68. The molecule has 0 aliphatic heterocycles. The van der Waals surface area contributed by atoms with E-state index in [1.807, 2.05) is 18.2 Å². The van der Waals surface area contributed by atoms with Crippen LogP contribution in [0.15, 0.2) is 24.4 Å². The molecule has 0 atom stereocenters. The number of amides is 1. The zero-order valence-corrected chi connectivity index (χ0v) is 10.4. The monoisotopic (exact) mass is 248 g/mol. The molecule has 2 rings (SSSR count). The number of carbonyl (C=O) groups excluding carboxylic acids is 1. The van der Waals surface area contributed by atoms with Gasteiger partial charge in [0, 0.05) is 30.8 Å². The van der Waals surface area contributed by atoms with E-state index in [1.54, 1.807) is 20.4 Å². The van der Waals surface area contributed by atoms with Crippen molar-refractivity contribution < 1.29 is 14.3 Å². The van der Waals surface area contributed by atoms with Crippen LogP contribution in [0.4, 0.5) is 0 Å². The first kappa shape index (κ1) is 12.4. The molecule has 1 aromatic carbocycles. The first-order chi connectivity index (χ1) is 8.76. The van der Waals surface area contributed by atoms with Crippen LogP contribution in [-0.2, 0) is 4.74 Å². The molecule has 0 saturated heterocycles. The lowest BCUT2D eigenvalue weighted by atomic mass is 10.1. The van der Waals surface area contributed by atoms with E-state index in [1.165, 1.54) is 0 Å². The molecule has 1 heterocycles. The van der Waals surface area contributed by atoms with Crippen molar-refractivity contribution in [2.24, 2.45) is 0 Å². The molecule has 0 saturated carbocycles. The average Bonchev–Trinajstić information content (AvgIpc) is 2.81. The summed E-state index contributed by atoms with van der Waals surface area (Å²) < 4.78 is 10.1. The highest BCUT2D eigenvalue weighted by molar-refractivity contribution is 6.07. The van der Waals surface area contributed by atoms with Gasteiger partial charge in [-0.1, -0.05) is 0 Å². The number of aromatic nitrogens is 1. The van der Waals surface area contributed by atoms with Gasteiger partial charge in [0.1, 0.15) is 5.75 Å². The molecular weight excluding hydrogens is 232 g/mol. The first-order valence-corrected chi connectivity index (χ1v) is 5.68. The molecule has 0 bridgehead atoms. The number of nitrogens with one attached hydrogen (secondary N) is 2. The van der Waals surface area contributed by atoms with Gasteiger partial charge < -0.3 is 19.8 Å². The van der Waals surface area contributed by atoms with Crippen molar-refractivity contribution in [2.45, 2.75) is 0 Å². The summed E-state index contributed by atoms with van der Waals surface area (Å²) in [5.41, 5.74) is 1.52. The summed E-state index contributed by atoms with van der Waals surface area (Å²) in [4.78, 5) is 15.0. The lowest BCUT2D eigenvalue weighted by molar-refractivity contribution is 0.0939. The molecule has 5 heteroatoms. The largest absolute Gasteiger partial charge is 0.497 e. The fraction of sp³-hybridized carbons (Fsp3) is 0.308. The maximum Gasteiger partial charge on any atom is 0.253 e. The van der Waals surface area contributed by atoms with Crippen LogP contribution in [0.3, 0.4) is 0 Å². The number of H-pyrrole nitrogens is 1. The molecule has 0 radical (unpaired) electrons. The Morgan fingerprint density at radius 1 is 1.39 bits per heavy atom. The minimum Gasteiger partial charge on any atom is -0.497 e. The summed E-state index contributed by atoms with van der Waals surface area (Å²) in [5.74, 6) is 0.611. The maximum atomic E-state index is 12.0. The molecular formula is C13H16N2O3. The highest BCUT2D eigenvalue weighted by Gasteiger charge is 2.11. The van der Waals surface area contributed by atoms with E-state index in [9.17, 15) is 4.79 Å². The molecule has 0 unspecified atom stereocenters. The second-order valence-electron chi connectivity index (χ2n) is 3.86. The summed E-state index contributed by atoms with van der Waals surface area (Å²) in [7, 11) is 3.20. The van der Waals surface area contributed by atoms with Crippen molar-refractivity contribution in [1.82, 2.24) is 10.3 Å². The van der Waals surface area contributed by atoms with Crippen molar-refractivity contribution in [2.75, 3.05) is 27.4 Å². The topological polar surface area (TPSA) is 63.3 Å². The standard InChI is InChI=1S/C13H16N2O3/c1-17-6-5-14-13(16)11-8-15-12-4-3-9(18-2)7-10(11)12/h3-4,7-8,15H,5-6H2,1-2H3,(H,14,16). The quantitative estimate of drug-likeness (QED) is 0.789. The number of methoxy groups -OCH3 is 2. The number of fused-ring (bicyclic) bond motifs is 1. The van der Waals surface area contributed by atoms with Crippen molar-refractivity contribution in [3.8, 4) is 5.75 Å². The number of hydrogen-bond acceptors (Lipinski definition) is 3. The van der Waals surface area contributed by atoms with Crippen LogP contribution in [0.25, 0.3) is 10.9 Å². The van der Waals surface area contributed by atoms with Crippen LogP contribution in [0.1, 0.15) is 10.4 Å². The summed E-state index contributed by atoms with van der Waals surface area (Å²) in [5, 5.41) is 3.64. The van der Waals surface area contributed by atoms with E-state index in [0.717, 1.165) is 16.7 Å². The zero-order valence-electron chi connectivity index (χ0n) is 10.4. The van der Waals surface area contributed by atoms with Gasteiger partial charge in [-0.2, -0.15) is 0 Å². The van der Waals surface area contributed by atoms with Crippen LogP contribution in [-0.4, -0.2) is 38.3 Å². The van der Waals surface area contributed by atoms with Gasteiger partial charge in [-0.05, 0) is 18.2 Å². The van der Waals surface area contributed by atoms with Gasteiger partial charge >= 0.3 is 0 Å². The second-order valence-corrected chi connectivity index (χ2v) is 3.86. The molecule has 1 aromatic heterocycles. The molecule has 2 aromatic rings. The van der Waals surface area contributed by atoms with Crippen LogP contribution < -0.4 is 10.1 Å². The predicted molar refractivity (Wildman–Crippen MR) is 69.1 cm³/mol. The maximum absolute atomic E-state index is 12.0. The highest BCUT2D eigenvalue weighted by atomic mass is 16.5. The van der Waals surface area contributed by atoms with E-state index in [0.29, 0.717) is 18.7 Å². The lowest BCUT2D eigenvalue weighted by Crippen LogP contribution is -2.26. The molecule has 1 amide bonds. The zero-order chi connectivity index (χ0) is 13.0. The van der Waals surface area contributed by atoms with Crippen molar-refractivity contribution in [3.63, 3.8) is 0 Å². The Morgan fingerprint density at radius 2 is 2.22 bits per heavy atom. The normalized spacial score (nSPS) is 10.6. The van der Waals surface area contributed by atoms with E-state index in [-0.39, 0.29) is 5.91 Å². The van der Waals surface area contributed by atoms with Gasteiger partial charge in [0.25, 0.3) is 5.91 Å². The van der Waals surface area contributed by atoms with Crippen molar-refractivity contribution >= 4 is 16.8 Å². The molecule has 5 nitrogen and oxygen atoms in total. The summed E-state index contributed by atoms with van der Waals surface area (Å²) >= 11 is 0. The van der Waals surface area contributed by atoms with Gasteiger partial charge in [0.15, 0.2) is 0 Å². The van der Waals surface area contributed by atoms with E-state index < -0.39 is 0 Å². The Balaban J connectivity index is 2.24. The SMILES string of the molecule is COCCNC(=O)c1c[nH]c2ccc(OC)cc12. The summed E-state index contributed by atoms with van der Waals surface area (Å²) in [6.45, 7) is 0.989. The van der Waals surface area contributed by atoms with E-state index >= 15 is 0 Å². The highest BCUT2D eigenvalue weighted by Crippen LogP contribution is 2.23. The Labute approximate surface area is 105 Å². The van der Waals surface area contributed by atoms with Gasteiger partial charge in [-0.15, -0.1) is 0 Å². The van der Waals surface area contributed by atoms with Gasteiger partial charge in [0.2, 0.25) is 0 Å². The third-order valence-electron chi connectivity index (χ3n) is 2.73. The molecule has 18 heavy (non-hydrogen) atoms. The lowest BCUT2D eigenvalue weighted by Gasteiger charge is -2.04. The van der Waals surface area contributed by atoms with Crippen LogP contribution >= 0.6 is 0 Å². The number of rotatable bonds is 5. The number of hydrogen-bond donors (Lipinski definition) is 2. The van der Waals surface area contributed by atoms with Crippen molar-refractivity contribution in [1.29, 1.82) is 0 Å². The van der Waals surface area contributed by atoms with Crippen LogP contribution in [0, 0.1) is 0 Å². The predicted octanol–water partition coefficient (Wildman–Crippen LogP) is 1.55. The molecule has 0 fully saturated rings. The van der Waals surface area contributed by atoms with Gasteiger partial charge in [-0.25, -0.2) is 0 Å². The van der Waals surface area contributed by atoms with Gasteiger partial charge in [0.05, 0.1) is 19.3 Å². The second kappa shape index (κ2) is 5.55. The summed E-state index contributed by atoms with van der Waals surface area (Å²) in [6.07, 6.45) is 1.70. The Morgan fingerprint density at radius 3 is 2.94 bits per heavy atom. The molecule has 2 N–H and O–H groups in total. The summed E-state index contributed by atoms with van der Waals surface area (Å²) in [6, 6.07) is 5.59. The minimum absolute atomic E-state index is 0.119. The minimum atomic E-state index is -0.119. The Hall–Kier alpha value is -2.01. The molecule has 0 aliphatic rings. The Bertz CT molecular complexity index is 548. The third kappa shape index (κ3) is 2.46. The average molecular weight is 248 g/mol. The smallest absolute Gasteiger partial charge is 0.253 e. The molecule has 0 spiro atoms. The third-order valence-corrected chi connectivity index (χ3v) is 2.73. The van der Waals surface area contributed by atoms with Gasteiger partial charge in [-0.3, -0.25) is 4.79 Å². The number of benzene rings is 1. The van der Waals surface area contributed by atoms with E-state index in [2.05, 4.69) is 10.3 Å². The van der Waals surface area contributed by atoms with Crippen LogP contribution in [0.5, 0.6) is 5.75 Å². The Kier molecular flexibility index (Phi) is 3.84. The van der Waals surface area contributed by atoms with Crippen molar-refractivity contribution in [3.05, 3.63) is 30.0 Å². The fourth-order valence-corrected chi connectivity index (χ4v) is 1.78.